The van der Waals surface area contributed by atoms with Crippen LogP contribution in [0.5, 0.6) is 0 Å². The van der Waals surface area contributed by atoms with Gasteiger partial charge in [-0.2, -0.15) is 0 Å². The zero-order valence-corrected chi connectivity index (χ0v) is 12.8. The van der Waals surface area contributed by atoms with E-state index in [9.17, 15) is 14.7 Å². The van der Waals surface area contributed by atoms with Gasteiger partial charge in [-0.3, -0.25) is 14.8 Å². The topological polar surface area (TPSA) is 98.7 Å². The predicted molar refractivity (Wildman–Crippen MR) is 83.8 cm³/mol. The van der Waals surface area contributed by atoms with Gasteiger partial charge < -0.3 is 10.4 Å². The molecule has 0 saturated carbocycles. The monoisotopic (exact) mass is 304 g/mol. The Hall–Kier alpha value is -2.44. The zero-order valence-electron chi connectivity index (χ0n) is 12.8. The van der Waals surface area contributed by atoms with Crippen LogP contribution in [0.3, 0.4) is 0 Å². The number of rotatable bonds is 6. The normalized spacial score (nSPS) is 14.5. The number of carbonyl (C=O) groups excluding carboxylic acids is 2. The van der Waals surface area contributed by atoms with Gasteiger partial charge in [0, 0.05) is 24.4 Å². The van der Waals surface area contributed by atoms with E-state index in [4.69, 9.17) is 5.21 Å². The van der Waals surface area contributed by atoms with E-state index in [2.05, 4.69) is 5.32 Å². The fraction of sp³-hybridized carbons (Fsp3) is 0.250. The van der Waals surface area contributed by atoms with Crippen molar-refractivity contribution in [1.29, 1.82) is 0 Å². The first-order chi connectivity index (χ1) is 10.3. The zero-order chi connectivity index (χ0) is 16.8. The fourth-order valence-corrected chi connectivity index (χ4v) is 1.88. The molecule has 1 atom stereocenters. The van der Waals surface area contributed by atoms with Crippen molar-refractivity contribution in [3.63, 3.8) is 0 Å². The molecule has 0 spiro atoms. The number of anilines is 1. The molecular weight excluding hydrogens is 284 g/mol. The minimum Gasteiger partial charge on any atom is -0.388 e. The Labute approximate surface area is 129 Å². The van der Waals surface area contributed by atoms with E-state index in [1.54, 1.807) is 38.2 Å². The van der Waals surface area contributed by atoms with E-state index in [1.165, 1.54) is 24.6 Å². The summed E-state index contributed by atoms with van der Waals surface area (Å²) in [6.45, 7) is 3.01. The third-order valence-electron chi connectivity index (χ3n) is 3.01. The van der Waals surface area contributed by atoms with E-state index in [0.29, 0.717) is 11.1 Å². The summed E-state index contributed by atoms with van der Waals surface area (Å²) in [6.07, 6.45) is 3.83. The maximum atomic E-state index is 12.3. The largest absolute Gasteiger partial charge is 0.388 e. The average molecular weight is 304 g/mol. The Morgan fingerprint density at radius 1 is 1.18 bits per heavy atom. The van der Waals surface area contributed by atoms with Gasteiger partial charge in [-0.05, 0) is 44.2 Å². The number of allylic oxidation sites excluding steroid dienone is 2. The lowest BCUT2D eigenvalue weighted by Gasteiger charge is -2.18. The Kier molecular flexibility index (Phi) is 6.03. The smallest absolute Gasteiger partial charge is 0.267 e. The molecule has 0 aliphatic heterocycles. The fourth-order valence-electron chi connectivity index (χ4n) is 1.88. The molecule has 0 heterocycles. The van der Waals surface area contributed by atoms with Crippen LogP contribution >= 0.6 is 0 Å². The number of ketones is 1. The van der Waals surface area contributed by atoms with Crippen LogP contribution in [0.25, 0.3) is 0 Å². The molecule has 0 saturated heterocycles. The van der Waals surface area contributed by atoms with Crippen molar-refractivity contribution >= 4 is 17.4 Å². The van der Waals surface area contributed by atoms with Crippen molar-refractivity contribution < 1.29 is 19.9 Å². The third-order valence-corrected chi connectivity index (χ3v) is 3.01. The van der Waals surface area contributed by atoms with Crippen molar-refractivity contribution in [3.8, 4) is 0 Å². The molecule has 1 rings (SSSR count). The standard InChI is InChI=1S/C16H20N2O4/c1-11(4-9-14(19)18-22)10-16(2,21)15(20)12-5-7-13(17-3)8-6-12/h4-10,17,21-22H,1-3H3,(H,18,19). The lowest BCUT2D eigenvalue weighted by Crippen LogP contribution is -2.33. The number of Topliss-reactive ketones (excluding diaryl/α,β-unsaturated/α-hetero) is 1. The van der Waals surface area contributed by atoms with Gasteiger partial charge in [0.2, 0.25) is 0 Å². The van der Waals surface area contributed by atoms with Gasteiger partial charge in [0.25, 0.3) is 5.91 Å². The van der Waals surface area contributed by atoms with Crippen molar-refractivity contribution in [2.24, 2.45) is 0 Å². The minimum atomic E-state index is -1.70. The SMILES string of the molecule is CNc1ccc(C(=O)C(C)(O)C=C(C)C=CC(=O)NO)cc1. The van der Waals surface area contributed by atoms with Crippen LogP contribution in [0.15, 0.2) is 48.1 Å². The highest BCUT2D eigenvalue weighted by Crippen LogP contribution is 2.19. The molecule has 1 amide bonds. The first-order valence-electron chi connectivity index (χ1n) is 6.66. The molecular formula is C16H20N2O4. The van der Waals surface area contributed by atoms with E-state index in [-0.39, 0.29) is 0 Å². The van der Waals surface area contributed by atoms with Gasteiger partial charge in [0.1, 0.15) is 5.60 Å². The molecule has 0 aliphatic rings. The predicted octanol–water partition coefficient (Wildman–Crippen LogP) is 1.67. The van der Waals surface area contributed by atoms with E-state index in [0.717, 1.165) is 11.8 Å². The first-order valence-corrected chi connectivity index (χ1v) is 6.66. The number of hydrogen-bond donors (Lipinski definition) is 4. The lowest BCUT2D eigenvalue weighted by molar-refractivity contribution is -0.124. The van der Waals surface area contributed by atoms with Crippen LogP contribution in [-0.2, 0) is 4.79 Å². The van der Waals surface area contributed by atoms with Gasteiger partial charge in [-0.1, -0.05) is 11.6 Å². The van der Waals surface area contributed by atoms with Gasteiger partial charge in [-0.25, -0.2) is 5.48 Å². The quantitative estimate of drug-likeness (QED) is 0.211. The number of benzene rings is 1. The summed E-state index contributed by atoms with van der Waals surface area (Å²) in [7, 11) is 1.77. The third kappa shape index (κ3) is 4.83. The van der Waals surface area contributed by atoms with Crippen molar-refractivity contribution in [3.05, 3.63) is 53.6 Å². The molecule has 118 valence electrons. The van der Waals surface area contributed by atoms with Gasteiger partial charge in [0.15, 0.2) is 5.78 Å². The minimum absolute atomic E-state index is 0.380. The molecule has 1 unspecified atom stereocenters. The second-order valence-corrected chi connectivity index (χ2v) is 5.00. The Balaban J connectivity index is 2.93. The molecule has 1 aromatic carbocycles. The summed E-state index contributed by atoms with van der Waals surface area (Å²) >= 11 is 0. The average Bonchev–Trinajstić information content (AvgIpc) is 2.51. The summed E-state index contributed by atoms with van der Waals surface area (Å²) in [6, 6.07) is 6.73. The molecule has 22 heavy (non-hydrogen) atoms. The Morgan fingerprint density at radius 3 is 2.27 bits per heavy atom. The second-order valence-electron chi connectivity index (χ2n) is 5.00. The first kappa shape index (κ1) is 17.6. The summed E-state index contributed by atoms with van der Waals surface area (Å²) in [5.41, 5.74) is 1.50. The van der Waals surface area contributed by atoms with E-state index >= 15 is 0 Å². The number of carbonyl (C=O) groups is 2. The second kappa shape index (κ2) is 7.53. The summed E-state index contributed by atoms with van der Waals surface area (Å²) < 4.78 is 0. The molecule has 0 aliphatic carbocycles. The van der Waals surface area contributed by atoms with Crippen LogP contribution in [0, 0.1) is 0 Å². The van der Waals surface area contributed by atoms with E-state index in [1.807, 2.05) is 0 Å². The van der Waals surface area contributed by atoms with Crippen LogP contribution < -0.4 is 10.8 Å². The molecule has 1 aromatic rings. The summed E-state index contributed by atoms with van der Waals surface area (Å²) in [5, 5.41) is 21.7. The van der Waals surface area contributed by atoms with Crippen molar-refractivity contribution in [2.45, 2.75) is 19.4 Å². The molecule has 6 nitrogen and oxygen atoms in total. The van der Waals surface area contributed by atoms with Crippen LogP contribution in [0.4, 0.5) is 5.69 Å². The Morgan fingerprint density at radius 2 is 1.77 bits per heavy atom. The van der Waals surface area contributed by atoms with Crippen LogP contribution in [0.1, 0.15) is 24.2 Å². The lowest BCUT2D eigenvalue weighted by atomic mass is 9.92. The molecule has 0 fully saturated rings. The van der Waals surface area contributed by atoms with Crippen molar-refractivity contribution in [2.75, 3.05) is 12.4 Å². The van der Waals surface area contributed by atoms with Gasteiger partial charge >= 0.3 is 0 Å². The molecule has 0 bridgehead atoms. The Bertz CT molecular complexity index is 601. The van der Waals surface area contributed by atoms with Gasteiger partial charge in [0.05, 0.1) is 0 Å². The number of nitrogens with one attached hydrogen (secondary N) is 2. The maximum Gasteiger partial charge on any atom is 0.267 e. The van der Waals surface area contributed by atoms with Crippen LogP contribution in [0.2, 0.25) is 0 Å². The van der Waals surface area contributed by atoms with Crippen LogP contribution in [-0.4, -0.2) is 34.7 Å². The maximum absolute atomic E-state index is 12.3. The molecule has 4 N–H and O–H groups in total. The number of hydrogen-bond acceptors (Lipinski definition) is 5. The highest BCUT2D eigenvalue weighted by molar-refractivity contribution is 6.03. The van der Waals surface area contributed by atoms with Crippen molar-refractivity contribution in [1.82, 2.24) is 5.48 Å². The van der Waals surface area contributed by atoms with E-state index < -0.39 is 17.3 Å². The number of hydroxylamine groups is 1. The molecule has 0 radical (unpaired) electrons. The van der Waals surface area contributed by atoms with Gasteiger partial charge in [-0.15, -0.1) is 0 Å². The summed E-state index contributed by atoms with van der Waals surface area (Å²) in [4.78, 5) is 23.2. The molecule has 6 heteroatoms. The number of aliphatic hydroxyl groups is 1. The highest BCUT2D eigenvalue weighted by atomic mass is 16.5. The summed E-state index contributed by atoms with van der Waals surface area (Å²) in [5.74, 6) is -1.14. The number of amides is 1. The highest BCUT2D eigenvalue weighted by Gasteiger charge is 2.28. The molecule has 0 aromatic heterocycles.